The van der Waals surface area contributed by atoms with E-state index < -0.39 is 6.04 Å². The third kappa shape index (κ3) is 2.12. The van der Waals surface area contributed by atoms with Crippen LogP contribution in [0.4, 0.5) is 0 Å². The van der Waals surface area contributed by atoms with Crippen LogP contribution in [0.2, 0.25) is 0 Å². The number of nitrogens with one attached hydrogen (secondary N) is 1. The van der Waals surface area contributed by atoms with Crippen molar-refractivity contribution in [1.82, 2.24) is 10.2 Å². The Morgan fingerprint density at radius 1 is 1.53 bits per heavy atom. The van der Waals surface area contributed by atoms with E-state index in [1.165, 1.54) is 0 Å². The summed E-state index contributed by atoms with van der Waals surface area (Å²) in [5.41, 5.74) is 5.60. The molecular formula is C10H17N3O2. The first kappa shape index (κ1) is 10.4. The van der Waals surface area contributed by atoms with Crippen molar-refractivity contribution in [1.29, 1.82) is 0 Å². The lowest BCUT2D eigenvalue weighted by Gasteiger charge is -2.23. The van der Waals surface area contributed by atoms with Crippen LogP contribution in [0.15, 0.2) is 0 Å². The number of rotatable bonds is 3. The molecule has 2 amide bonds. The van der Waals surface area contributed by atoms with Crippen LogP contribution in [0.3, 0.4) is 0 Å². The van der Waals surface area contributed by atoms with Crippen LogP contribution in [0.5, 0.6) is 0 Å². The van der Waals surface area contributed by atoms with Crippen molar-refractivity contribution in [2.45, 2.75) is 44.3 Å². The Morgan fingerprint density at radius 2 is 2.20 bits per heavy atom. The molecule has 2 fully saturated rings. The maximum Gasteiger partial charge on any atom is 0.242 e. The van der Waals surface area contributed by atoms with Crippen LogP contribution in [0.25, 0.3) is 0 Å². The maximum absolute atomic E-state index is 11.7. The van der Waals surface area contributed by atoms with Gasteiger partial charge in [-0.2, -0.15) is 0 Å². The third-order valence-electron chi connectivity index (χ3n) is 3.05. The minimum absolute atomic E-state index is 0.0556. The summed E-state index contributed by atoms with van der Waals surface area (Å²) in [6.07, 6.45) is 2.78. The molecule has 2 aliphatic rings. The topological polar surface area (TPSA) is 75.4 Å². The molecule has 5 nitrogen and oxygen atoms in total. The predicted octanol–water partition coefficient (Wildman–Crippen LogP) is -0.787. The summed E-state index contributed by atoms with van der Waals surface area (Å²) in [4.78, 5) is 24.8. The molecule has 0 aromatic heterocycles. The van der Waals surface area contributed by atoms with Crippen LogP contribution in [0, 0.1) is 0 Å². The number of nitrogens with zero attached hydrogens (tertiary/aromatic N) is 1. The largest absolute Gasteiger partial charge is 0.352 e. The van der Waals surface area contributed by atoms with E-state index in [1.54, 1.807) is 11.8 Å². The monoisotopic (exact) mass is 211 g/mol. The zero-order chi connectivity index (χ0) is 11.0. The molecule has 5 heteroatoms. The van der Waals surface area contributed by atoms with Gasteiger partial charge < -0.3 is 16.0 Å². The SMILES string of the molecule is CC(C(=O)NC1CC1)N1CCC(N)C1=O. The van der Waals surface area contributed by atoms with Crippen molar-refractivity contribution in [2.75, 3.05) is 6.54 Å². The zero-order valence-corrected chi connectivity index (χ0v) is 8.90. The van der Waals surface area contributed by atoms with Crippen LogP contribution in [0.1, 0.15) is 26.2 Å². The Labute approximate surface area is 89.0 Å². The zero-order valence-electron chi connectivity index (χ0n) is 8.90. The van der Waals surface area contributed by atoms with Gasteiger partial charge in [-0.05, 0) is 26.2 Å². The molecule has 0 aromatic carbocycles. The fourth-order valence-electron chi connectivity index (χ4n) is 1.80. The van der Waals surface area contributed by atoms with E-state index in [-0.39, 0.29) is 17.9 Å². The molecule has 0 spiro atoms. The minimum atomic E-state index is -0.416. The van der Waals surface area contributed by atoms with Gasteiger partial charge in [0.1, 0.15) is 6.04 Å². The van der Waals surface area contributed by atoms with Gasteiger partial charge in [-0.15, -0.1) is 0 Å². The fraction of sp³-hybridized carbons (Fsp3) is 0.800. The molecular weight excluding hydrogens is 194 g/mol. The van der Waals surface area contributed by atoms with Gasteiger partial charge in [0.25, 0.3) is 0 Å². The lowest BCUT2D eigenvalue weighted by molar-refractivity contribution is -0.137. The number of carbonyl (C=O) groups excluding carboxylic acids is 2. The summed E-state index contributed by atoms with van der Waals surface area (Å²) in [7, 11) is 0. The van der Waals surface area contributed by atoms with E-state index in [1.807, 2.05) is 0 Å². The first-order valence-corrected chi connectivity index (χ1v) is 5.46. The average molecular weight is 211 g/mol. The average Bonchev–Trinajstić information content (AvgIpc) is 2.95. The summed E-state index contributed by atoms with van der Waals surface area (Å²) in [5.74, 6) is -0.159. The lowest BCUT2D eigenvalue weighted by atomic mass is 10.2. The maximum atomic E-state index is 11.7. The summed E-state index contributed by atoms with van der Waals surface area (Å²) in [6.45, 7) is 2.35. The van der Waals surface area contributed by atoms with Crippen LogP contribution in [-0.2, 0) is 9.59 Å². The quantitative estimate of drug-likeness (QED) is 0.642. The van der Waals surface area contributed by atoms with Crippen LogP contribution < -0.4 is 11.1 Å². The number of hydrogen-bond donors (Lipinski definition) is 2. The van der Waals surface area contributed by atoms with E-state index >= 15 is 0 Å². The molecule has 0 bridgehead atoms. The molecule has 1 saturated heterocycles. The first-order valence-electron chi connectivity index (χ1n) is 5.46. The van der Waals surface area contributed by atoms with Crippen LogP contribution in [-0.4, -0.2) is 41.4 Å². The normalized spacial score (nSPS) is 28.0. The van der Waals surface area contributed by atoms with E-state index in [2.05, 4.69) is 5.32 Å². The highest BCUT2D eigenvalue weighted by atomic mass is 16.2. The van der Waals surface area contributed by atoms with Crippen molar-refractivity contribution < 1.29 is 9.59 Å². The van der Waals surface area contributed by atoms with Gasteiger partial charge in [-0.3, -0.25) is 9.59 Å². The van der Waals surface area contributed by atoms with Crippen molar-refractivity contribution in [3.63, 3.8) is 0 Å². The van der Waals surface area contributed by atoms with Crippen molar-refractivity contribution in [3.8, 4) is 0 Å². The molecule has 15 heavy (non-hydrogen) atoms. The summed E-state index contributed by atoms with van der Waals surface area (Å²) < 4.78 is 0. The molecule has 3 N–H and O–H groups in total. The summed E-state index contributed by atoms with van der Waals surface area (Å²) in [6, 6.07) is -0.459. The molecule has 1 heterocycles. The third-order valence-corrected chi connectivity index (χ3v) is 3.05. The second kappa shape index (κ2) is 3.81. The predicted molar refractivity (Wildman–Crippen MR) is 54.9 cm³/mol. The van der Waals surface area contributed by atoms with Gasteiger partial charge >= 0.3 is 0 Å². The van der Waals surface area contributed by atoms with Crippen LogP contribution >= 0.6 is 0 Å². The molecule has 84 valence electrons. The highest BCUT2D eigenvalue weighted by Gasteiger charge is 2.36. The van der Waals surface area contributed by atoms with E-state index in [0.717, 1.165) is 12.8 Å². The van der Waals surface area contributed by atoms with Gasteiger partial charge in [0, 0.05) is 12.6 Å². The van der Waals surface area contributed by atoms with E-state index in [0.29, 0.717) is 19.0 Å². The molecule has 1 aliphatic carbocycles. The highest BCUT2D eigenvalue weighted by molar-refractivity contribution is 5.90. The lowest BCUT2D eigenvalue weighted by Crippen LogP contribution is -2.48. The van der Waals surface area contributed by atoms with Gasteiger partial charge in [0.15, 0.2) is 0 Å². The Hall–Kier alpha value is -1.10. The Balaban J connectivity index is 1.91. The minimum Gasteiger partial charge on any atom is -0.352 e. The number of amides is 2. The number of hydrogen-bond acceptors (Lipinski definition) is 3. The molecule has 1 saturated carbocycles. The summed E-state index contributed by atoms with van der Waals surface area (Å²) >= 11 is 0. The van der Waals surface area contributed by atoms with Gasteiger partial charge in [-0.25, -0.2) is 0 Å². The molecule has 2 atom stereocenters. The molecule has 2 rings (SSSR count). The van der Waals surface area contributed by atoms with E-state index in [9.17, 15) is 9.59 Å². The van der Waals surface area contributed by atoms with Gasteiger partial charge in [0.05, 0.1) is 6.04 Å². The smallest absolute Gasteiger partial charge is 0.242 e. The molecule has 0 aromatic rings. The first-order chi connectivity index (χ1) is 7.09. The van der Waals surface area contributed by atoms with E-state index in [4.69, 9.17) is 5.73 Å². The fourth-order valence-corrected chi connectivity index (χ4v) is 1.80. The molecule has 1 aliphatic heterocycles. The Kier molecular flexibility index (Phi) is 2.65. The number of likely N-dealkylation sites (tertiary alicyclic amines) is 1. The summed E-state index contributed by atoms with van der Waals surface area (Å²) in [5, 5.41) is 2.89. The van der Waals surface area contributed by atoms with Gasteiger partial charge in [0.2, 0.25) is 11.8 Å². The molecule has 2 unspecified atom stereocenters. The van der Waals surface area contributed by atoms with Crippen molar-refractivity contribution in [3.05, 3.63) is 0 Å². The highest BCUT2D eigenvalue weighted by Crippen LogP contribution is 2.20. The van der Waals surface area contributed by atoms with Crippen molar-refractivity contribution >= 4 is 11.8 Å². The number of carbonyl (C=O) groups is 2. The second-order valence-corrected chi connectivity index (χ2v) is 4.39. The Morgan fingerprint density at radius 3 is 2.67 bits per heavy atom. The second-order valence-electron chi connectivity index (χ2n) is 4.39. The van der Waals surface area contributed by atoms with Crippen molar-refractivity contribution in [2.24, 2.45) is 5.73 Å². The molecule has 0 radical (unpaired) electrons. The Bertz CT molecular complexity index is 288. The standard InChI is InChI=1S/C10H17N3O2/c1-6(9(14)12-7-2-3-7)13-5-4-8(11)10(13)15/h6-8H,2-5,11H2,1H3,(H,12,14). The van der Waals surface area contributed by atoms with Gasteiger partial charge in [-0.1, -0.05) is 0 Å². The number of nitrogens with two attached hydrogens (primary N) is 1.